The first-order chi connectivity index (χ1) is 16.7. The van der Waals surface area contributed by atoms with Crippen molar-refractivity contribution in [2.75, 3.05) is 13.7 Å². The molecule has 2 fully saturated rings. The zero-order valence-corrected chi connectivity index (χ0v) is 18.9. The van der Waals surface area contributed by atoms with Crippen molar-refractivity contribution in [3.8, 4) is 5.75 Å². The molecular weight excluding hydrogens is 428 g/mol. The van der Waals surface area contributed by atoms with Gasteiger partial charge in [-0.1, -0.05) is 84.9 Å². The Hall–Kier alpha value is -4.06. The number of cyclic esters (lactones) is 1. The fourth-order valence-corrected chi connectivity index (χ4v) is 4.63. The lowest BCUT2D eigenvalue weighted by molar-refractivity contribution is -0.155. The molecule has 0 saturated carbocycles. The fraction of sp³-hybridized carbons (Fsp3) is 0.214. The number of carbonyl (C=O) groups excluding carboxylic acids is 2. The van der Waals surface area contributed by atoms with Crippen LogP contribution in [-0.4, -0.2) is 47.6 Å². The summed E-state index contributed by atoms with van der Waals surface area (Å²) in [4.78, 5) is 29.6. The van der Waals surface area contributed by atoms with E-state index in [2.05, 4.69) is 0 Å². The summed E-state index contributed by atoms with van der Waals surface area (Å²) < 4.78 is 10.7. The molecule has 3 aromatic carbocycles. The van der Waals surface area contributed by atoms with Crippen LogP contribution in [0.25, 0.3) is 6.08 Å². The lowest BCUT2D eigenvalue weighted by atomic mass is 9.89. The largest absolute Gasteiger partial charge is 0.497 e. The molecule has 2 aliphatic rings. The van der Waals surface area contributed by atoms with E-state index in [1.54, 1.807) is 12.0 Å². The second-order valence-electron chi connectivity index (χ2n) is 8.43. The molecule has 0 aliphatic carbocycles. The zero-order valence-electron chi connectivity index (χ0n) is 18.9. The Kier molecular flexibility index (Phi) is 6.04. The topological polar surface area (TPSA) is 59.1 Å². The Labute approximate surface area is 199 Å². The average Bonchev–Trinajstić information content (AvgIpc) is 3.26. The molecule has 2 amide bonds. The number of benzene rings is 3. The van der Waals surface area contributed by atoms with Crippen LogP contribution in [0.4, 0.5) is 4.79 Å². The van der Waals surface area contributed by atoms with Gasteiger partial charge >= 0.3 is 6.09 Å². The number of hydrogen-bond donors (Lipinski definition) is 0. The van der Waals surface area contributed by atoms with Crippen molar-refractivity contribution in [3.05, 3.63) is 108 Å². The van der Waals surface area contributed by atoms with Crippen molar-refractivity contribution in [3.63, 3.8) is 0 Å². The van der Waals surface area contributed by atoms with Crippen molar-refractivity contribution in [1.29, 1.82) is 0 Å². The van der Waals surface area contributed by atoms with E-state index in [1.165, 1.54) is 0 Å². The van der Waals surface area contributed by atoms with E-state index in [-0.39, 0.29) is 24.6 Å². The van der Waals surface area contributed by atoms with Crippen molar-refractivity contribution in [1.82, 2.24) is 9.80 Å². The molecule has 2 aliphatic heterocycles. The molecule has 2 heterocycles. The minimum absolute atomic E-state index is 0.0797. The molecular formula is C28H26N2O4. The minimum Gasteiger partial charge on any atom is -0.497 e. The second kappa shape index (κ2) is 9.43. The van der Waals surface area contributed by atoms with Crippen LogP contribution in [0.1, 0.15) is 22.7 Å². The number of methoxy groups -OCH3 is 1. The predicted molar refractivity (Wildman–Crippen MR) is 129 cm³/mol. The smallest absolute Gasteiger partial charge is 0.411 e. The van der Waals surface area contributed by atoms with Crippen LogP contribution >= 0.6 is 0 Å². The summed E-state index contributed by atoms with van der Waals surface area (Å²) in [5.41, 5.74) is 2.96. The van der Waals surface area contributed by atoms with Crippen LogP contribution in [-0.2, 0) is 16.1 Å². The SMILES string of the molecule is COc1cccc(/C=C/[C@@H]2[C@H](N3C(=O)OC[C@H]3c3ccccc3)C(=O)N2Cc2ccccc2)c1. The van der Waals surface area contributed by atoms with Gasteiger partial charge in [0, 0.05) is 6.54 Å². The van der Waals surface area contributed by atoms with Crippen molar-refractivity contribution >= 4 is 18.1 Å². The van der Waals surface area contributed by atoms with Crippen LogP contribution in [0.5, 0.6) is 5.75 Å². The predicted octanol–water partition coefficient (Wildman–Crippen LogP) is 4.68. The quantitative estimate of drug-likeness (QED) is 0.487. The highest BCUT2D eigenvalue weighted by molar-refractivity contribution is 5.94. The van der Waals surface area contributed by atoms with Crippen LogP contribution in [0.2, 0.25) is 0 Å². The van der Waals surface area contributed by atoms with Gasteiger partial charge in [0.2, 0.25) is 5.91 Å². The molecule has 2 saturated heterocycles. The maximum absolute atomic E-state index is 13.4. The molecule has 34 heavy (non-hydrogen) atoms. The average molecular weight is 455 g/mol. The maximum atomic E-state index is 13.4. The summed E-state index contributed by atoms with van der Waals surface area (Å²) in [6, 6.07) is 26.1. The highest BCUT2D eigenvalue weighted by Crippen LogP contribution is 2.38. The zero-order chi connectivity index (χ0) is 23.5. The molecule has 0 radical (unpaired) electrons. The molecule has 0 unspecified atom stereocenters. The molecule has 6 heteroatoms. The molecule has 3 aromatic rings. The number of hydrogen-bond acceptors (Lipinski definition) is 4. The van der Waals surface area contributed by atoms with Gasteiger partial charge in [-0.2, -0.15) is 0 Å². The third-order valence-corrected chi connectivity index (χ3v) is 6.39. The first-order valence-corrected chi connectivity index (χ1v) is 11.3. The van der Waals surface area contributed by atoms with Gasteiger partial charge in [0.1, 0.15) is 18.4 Å². The Morgan fingerprint density at radius 2 is 1.71 bits per heavy atom. The molecule has 5 rings (SSSR count). The Bertz CT molecular complexity index is 1200. The first-order valence-electron chi connectivity index (χ1n) is 11.3. The van der Waals surface area contributed by atoms with Crippen molar-refractivity contribution in [2.24, 2.45) is 0 Å². The maximum Gasteiger partial charge on any atom is 0.411 e. The van der Waals surface area contributed by atoms with E-state index in [4.69, 9.17) is 9.47 Å². The number of amides is 2. The van der Waals surface area contributed by atoms with E-state index in [0.717, 1.165) is 22.4 Å². The number of β-lactam (4-membered cyclic amide) rings is 1. The van der Waals surface area contributed by atoms with Crippen LogP contribution in [0, 0.1) is 0 Å². The second-order valence-corrected chi connectivity index (χ2v) is 8.43. The Balaban J connectivity index is 1.46. The van der Waals surface area contributed by atoms with Crippen molar-refractivity contribution < 1.29 is 19.1 Å². The fourth-order valence-electron chi connectivity index (χ4n) is 4.63. The standard InChI is InChI=1S/C28H26N2O4/c1-33-23-14-8-11-20(17-23)15-16-24-26(27(31)29(24)18-21-9-4-2-5-10-21)30-25(19-34-28(30)32)22-12-6-3-7-13-22/h2-17,24-26H,18-19H2,1H3/b16-15+/t24-,25+,26+/m1/s1. The minimum atomic E-state index is -0.620. The van der Waals surface area contributed by atoms with E-state index < -0.39 is 12.1 Å². The number of likely N-dealkylation sites (tertiary alicyclic amines) is 1. The van der Waals surface area contributed by atoms with Gasteiger partial charge in [-0.25, -0.2) is 4.79 Å². The molecule has 0 bridgehead atoms. The molecule has 0 spiro atoms. The lowest BCUT2D eigenvalue weighted by Gasteiger charge is -2.49. The molecule has 3 atom stereocenters. The van der Waals surface area contributed by atoms with E-state index in [9.17, 15) is 9.59 Å². The number of rotatable bonds is 7. The lowest BCUT2D eigenvalue weighted by Crippen LogP contribution is -2.69. The summed E-state index contributed by atoms with van der Waals surface area (Å²) in [6.07, 6.45) is 3.52. The van der Waals surface area contributed by atoms with Gasteiger partial charge in [0.25, 0.3) is 0 Å². The molecule has 0 aromatic heterocycles. The van der Waals surface area contributed by atoms with E-state index in [1.807, 2.05) is 102 Å². The van der Waals surface area contributed by atoms with Crippen LogP contribution in [0.15, 0.2) is 91.0 Å². The summed E-state index contributed by atoms with van der Waals surface area (Å²) in [7, 11) is 1.63. The van der Waals surface area contributed by atoms with Gasteiger partial charge in [0.15, 0.2) is 0 Å². The van der Waals surface area contributed by atoms with Gasteiger partial charge in [-0.15, -0.1) is 0 Å². The van der Waals surface area contributed by atoms with Gasteiger partial charge in [0.05, 0.1) is 19.2 Å². The third kappa shape index (κ3) is 4.15. The molecule has 0 N–H and O–H groups in total. The first kappa shape index (κ1) is 21.8. The van der Waals surface area contributed by atoms with Gasteiger partial charge < -0.3 is 14.4 Å². The van der Waals surface area contributed by atoms with Gasteiger partial charge in [-0.05, 0) is 28.8 Å². The summed E-state index contributed by atoms with van der Waals surface area (Å²) >= 11 is 0. The van der Waals surface area contributed by atoms with Crippen molar-refractivity contribution in [2.45, 2.75) is 24.7 Å². The number of carbonyl (C=O) groups is 2. The van der Waals surface area contributed by atoms with Crippen LogP contribution in [0.3, 0.4) is 0 Å². The monoisotopic (exact) mass is 454 g/mol. The van der Waals surface area contributed by atoms with Gasteiger partial charge in [-0.3, -0.25) is 9.69 Å². The number of nitrogens with zero attached hydrogens (tertiary/aromatic N) is 2. The summed E-state index contributed by atoms with van der Waals surface area (Å²) in [5, 5.41) is 0. The Morgan fingerprint density at radius 1 is 0.971 bits per heavy atom. The molecule has 172 valence electrons. The highest BCUT2D eigenvalue weighted by atomic mass is 16.6. The molecule has 6 nitrogen and oxygen atoms in total. The summed E-state index contributed by atoms with van der Waals surface area (Å²) in [6.45, 7) is 0.708. The van der Waals surface area contributed by atoms with E-state index >= 15 is 0 Å². The van der Waals surface area contributed by atoms with E-state index in [0.29, 0.717) is 6.54 Å². The Morgan fingerprint density at radius 3 is 2.44 bits per heavy atom. The normalized spacial score (nSPS) is 22.1. The van der Waals surface area contributed by atoms with Crippen LogP contribution < -0.4 is 4.74 Å². The summed E-state index contributed by atoms with van der Waals surface area (Å²) in [5.74, 6) is 0.681. The third-order valence-electron chi connectivity index (χ3n) is 6.39. The highest BCUT2D eigenvalue weighted by Gasteiger charge is 2.55. The number of ether oxygens (including phenoxy) is 2.